The third-order valence-corrected chi connectivity index (χ3v) is 6.99. The van der Waals surface area contributed by atoms with E-state index in [2.05, 4.69) is 20.0 Å². The molecule has 0 spiro atoms. The van der Waals surface area contributed by atoms with Crippen LogP contribution in [0.3, 0.4) is 0 Å². The molecule has 1 saturated carbocycles. The van der Waals surface area contributed by atoms with Gasteiger partial charge in [-0.2, -0.15) is 0 Å². The Hall–Kier alpha value is -2.34. The summed E-state index contributed by atoms with van der Waals surface area (Å²) < 4.78 is 39.1. The number of hydrogen-bond donors (Lipinski definition) is 3. The lowest BCUT2D eigenvalue weighted by Gasteiger charge is -2.40. The van der Waals surface area contributed by atoms with E-state index in [-0.39, 0.29) is 22.6 Å². The van der Waals surface area contributed by atoms with Gasteiger partial charge in [0.1, 0.15) is 11.9 Å². The van der Waals surface area contributed by atoms with Crippen molar-refractivity contribution in [3.05, 3.63) is 62.5 Å². The molecule has 2 aliphatic rings. The van der Waals surface area contributed by atoms with Gasteiger partial charge in [0.15, 0.2) is 10.8 Å². The van der Waals surface area contributed by atoms with E-state index in [4.69, 9.17) is 11.6 Å². The van der Waals surface area contributed by atoms with Crippen molar-refractivity contribution < 1.29 is 22.7 Å². The van der Waals surface area contributed by atoms with Crippen LogP contribution in [0.4, 0.5) is 4.39 Å². The maximum atomic E-state index is 13.6. The molecule has 4 rings (SSSR count). The monoisotopic (exact) mass is 484 g/mol. The Kier molecular flexibility index (Phi) is 5.86. The summed E-state index contributed by atoms with van der Waals surface area (Å²) in [6, 6.07) is 2.50. The summed E-state index contributed by atoms with van der Waals surface area (Å²) in [5, 5.41) is 15.5. The number of nitrogens with one attached hydrogen (secondary N) is 2. The van der Waals surface area contributed by atoms with Crippen molar-refractivity contribution in [2.75, 3.05) is 6.26 Å². The Bertz CT molecular complexity index is 1190. The highest BCUT2D eigenvalue weighted by Gasteiger charge is 2.41. The third kappa shape index (κ3) is 4.64. The summed E-state index contributed by atoms with van der Waals surface area (Å²) in [5.41, 5.74) is 0.792. The first-order valence-electron chi connectivity index (χ1n) is 9.26. The number of thiazole rings is 1. The van der Waals surface area contributed by atoms with Crippen LogP contribution in [-0.4, -0.2) is 42.6 Å². The average molecular weight is 485 g/mol. The normalized spacial score (nSPS) is 23.7. The molecule has 12 heteroatoms. The zero-order valence-electron chi connectivity index (χ0n) is 16.2. The van der Waals surface area contributed by atoms with Crippen LogP contribution in [-0.2, 0) is 14.8 Å². The molecule has 0 amide bonds. The van der Waals surface area contributed by atoms with E-state index in [0.29, 0.717) is 34.9 Å². The summed E-state index contributed by atoms with van der Waals surface area (Å²) in [5.74, 6) is -1.56. The molecule has 2 aromatic rings. The van der Waals surface area contributed by atoms with Crippen molar-refractivity contribution in [2.45, 2.75) is 24.9 Å². The highest BCUT2D eigenvalue weighted by atomic mass is 35.5. The number of carboxylic acids is 1. The maximum Gasteiger partial charge on any atom is 0.335 e. The van der Waals surface area contributed by atoms with E-state index >= 15 is 0 Å². The summed E-state index contributed by atoms with van der Waals surface area (Å²) in [6.07, 6.45) is 3.55. The highest BCUT2D eigenvalue weighted by Crippen LogP contribution is 2.42. The van der Waals surface area contributed by atoms with Crippen molar-refractivity contribution in [3.8, 4) is 0 Å². The van der Waals surface area contributed by atoms with E-state index in [1.807, 2.05) is 0 Å². The number of sulfonamides is 1. The number of aromatic nitrogens is 1. The smallest absolute Gasteiger partial charge is 0.335 e. The molecule has 0 bridgehead atoms. The fourth-order valence-electron chi connectivity index (χ4n) is 3.77. The van der Waals surface area contributed by atoms with E-state index in [9.17, 15) is 22.7 Å². The first-order chi connectivity index (χ1) is 14.6. The fraction of sp³-hybridized carbons (Fsp3) is 0.316. The van der Waals surface area contributed by atoms with Crippen molar-refractivity contribution in [3.63, 3.8) is 0 Å². The van der Waals surface area contributed by atoms with E-state index < -0.39 is 27.9 Å². The van der Waals surface area contributed by atoms with Crippen LogP contribution in [0.15, 0.2) is 46.0 Å². The molecule has 164 valence electrons. The Morgan fingerprint density at radius 1 is 1.39 bits per heavy atom. The summed E-state index contributed by atoms with van der Waals surface area (Å²) in [6.45, 7) is 0. The second-order valence-electron chi connectivity index (χ2n) is 7.40. The Morgan fingerprint density at radius 3 is 2.71 bits per heavy atom. The van der Waals surface area contributed by atoms with Gasteiger partial charge in [-0.3, -0.25) is 4.99 Å². The molecule has 1 atom stereocenters. The quantitative estimate of drug-likeness (QED) is 0.579. The zero-order chi connectivity index (χ0) is 22.3. The van der Waals surface area contributed by atoms with Gasteiger partial charge in [0.2, 0.25) is 10.0 Å². The molecule has 3 N–H and O–H groups in total. The number of halogens is 2. The molecule has 1 aliphatic heterocycles. The zero-order valence-corrected chi connectivity index (χ0v) is 18.6. The number of allylic oxidation sites excluding steroid dienone is 1. The SMILES string of the molecule is CS(=O)(=O)NC1CC(C2=C(C(=O)O)C(c3ccc(F)cc3Cl)N=C(c3nccs3)N2)C1. The molecular formula is C19H18ClFN4O4S2. The van der Waals surface area contributed by atoms with E-state index in [0.717, 1.165) is 12.3 Å². The molecular weight excluding hydrogens is 467 g/mol. The van der Waals surface area contributed by atoms with Gasteiger partial charge in [-0.05, 0) is 25.0 Å². The number of amidine groups is 1. The van der Waals surface area contributed by atoms with Crippen LogP contribution in [0.5, 0.6) is 0 Å². The molecule has 2 heterocycles. The van der Waals surface area contributed by atoms with Gasteiger partial charge in [-0.1, -0.05) is 17.7 Å². The summed E-state index contributed by atoms with van der Waals surface area (Å²) in [4.78, 5) is 21.1. The second-order valence-corrected chi connectivity index (χ2v) is 10.5. The van der Waals surface area contributed by atoms with Gasteiger partial charge in [0.25, 0.3) is 0 Å². The fourth-order valence-corrected chi connectivity index (χ4v) is 5.43. The highest BCUT2D eigenvalue weighted by molar-refractivity contribution is 7.88. The topological polar surface area (TPSA) is 121 Å². The molecule has 1 aromatic carbocycles. The molecule has 1 unspecified atom stereocenters. The van der Waals surface area contributed by atoms with Gasteiger partial charge in [0, 0.05) is 39.8 Å². The predicted octanol–water partition coefficient (Wildman–Crippen LogP) is 2.69. The number of carboxylic acid groups (broad SMARTS) is 1. The van der Waals surface area contributed by atoms with Gasteiger partial charge in [-0.25, -0.2) is 27.3 Å². The number of nitrogens with zero attached hydrogens (tertiary/aromatic N) is 2. The first kappa shape index (κ1) is 21.9. The van der Waals surface area contributed by atoms with Crippen LogP contribution >= 0.6 is 22.9 Å². The summed E-state index contributed by atoms with van der Waals surface area (Å²) >= 11 is 7.57. The Morgan fingerprint density at radius 2 is 2.13 bits per heavy atom. The largest absolute Gasteiger partial charge is 0.478 e. The van der Waals surface area contributed by atoms with Gasteiger partial charge in [0.05, 0.1) is 11.8 Å². The Balaban J connectivity index is 1.76. The van der Waals surface area contributed by atoms with Crippen LogP contribution in [0.2, 0.25) is 5.02 Å². The van der Waals surface area contributed by atoms with Crippen LogP contribution in [0.1, 0.15) is 29.5 Å². The minimum atomic E-state index is -3.37. The second kappa shape index (κ2) is 8.30. The molecule has 1 aromatic heterocycles. The van der Waals surface area contributed by atoms with Crippen LogP contribution in [0, 0.1) is 11.7 Å². The van der Waals surface area contributed by atoms with Gasteiger partial charge < -0.3 is 10.4 Å². The summed E-state index contributed by atoms with van der Waals surface area (Å²) in [7, 11) is -3.37. The molecule has 8 nitrogen and oxygen atoms in total. The lowest BCUT2D eigenvalue weighted by Crippen LogP contribution is -2.48. The number of carbonyl (C=O) groups is 1. The number of rotatable bonds is 6. The number of aliphatic imine (C=N–C) groups is 1. The van der Waals surface area contributed by atoms with Crippen LogP contribution in [0.25, 0.3) is 0 Å². The molecule has 0 radical (unpaired) electrons. The van der Waals surface area contributed by atoms with Crippen molar-refractivity contribution in [1.29, 1.82) is 0 Å². The van der Waals surface area contributed by atoms with Gasteiger partial charge >= 0.3 is 5.97 Å². The first-order valence-corrected chi connectivity index (χ1v) is 12.4. The minimum absolute atomic E-state index is 0.00313. The third-order valence-electron chi connectivity index (χ3n) is 5.12. The van der Waals surface area contributed by atoms with Crippen molar-refractivity contribution >= 4 is 44.8 Å². The minimum Gasteiger partial charge on any atom is -0.478 e. The number of benzene rings is 1. The molecule has 1 aliphatic carbocycles. The standard InChI is InChI=1S/C19H18ClFN4O4S2/c1-31(28,29)25-11-6-9(7-11)15-14(19(26)27)16(12-3-2-10(21)8-13(12)20)24-17(23-15)18-22-4-5-30-18/h2-5,8-9,11,16,25H,6-7H2,1H3,(H,23,24)(H,26,27). The lowest BCUT2D eigenvalue weighted by molar-refractivity contribution is -0.133. The van der Waals surface area contributed by atoms with Crippen LogP contribution < -0.4 is 10.0 Å². The number of aliphatic carboxylic acids is 1. The molecule has 0 saturated heterocycles. The average Bonchev–Trinajstić information content (AvgIpc) is 3.17. The predicted molar refractivity (Wildman–Crippen MR) is 115 cm³/mol. The molecule has 31 heavy (non-hydrogen) atoms. The number of hydrogen-bond acceptors (Lipinski definition) is 7. The Labute approximate surface area is 186 Å². The van der Waals surface area contributed by atoms with Gasteiger partial charge in [-0.15, -0.1) is 11.3 Å². The van der Waals surface area contributed by atoms with E-state index in [1.165, 1.54) is 23.5 Å². The van der Waals surface area contributed by atoms with Crippen molar-refractivity contribution in [2.24, 2.45) is 10.9 Å². The van der Waals surface area contributed by atoms with Crippen molar-refractivity contribution in [1.82, 2.24) is 15.0 Å². The maximum absolute atomic E-state index is 13.6. The molecule has 1 fully saturated rings. The lowest BCUT2D eigenvalue weighted by atomic mass is 9.75. The van der Waals surface area contributed by atoms with E-state index in [1.54, 1.807) is 11.6 Å².